The predicted octanol–water partition coefficient (Wildman–Crippen LogP) is -1.17. The second-order valence-electron chi connectivity index (χ2n) is 0.602. The Morgan fingerprint density at radius 2 is 2.60 bits per heavy atom. The van der Waals surface area contributed by atoms with E-state index in [2.05, 4.69) is 4.65 Å². The van der Waals surface area contributed by atoms with Crippen LogP contribution in [0.5, 0.6) is 0 Å². The van der Waals surface area contributed by atoms with Crippen LogP contribution in [0.3, 0.4) is 0 Å². The molecule has 0 aromatic rings. The molecule has 0 aliphatic heterocycles. The maximum Gasteiger partial charge on any atom is 0.481 e. The molecule has 0 N–H and O–H groups in total. The summed E-state index contributed by atoms with van der Waals surface area (Å²) in [4.78, 5) is 0. The predicted molar refractivity (Wildman–Crippen MR) is 22.8 cm³/mol. The van der Waals surface area contributed by atoms with Crippen molar-refractivity contribution in [2.24, 2.45) is 0 Å². The maximum absolute atomic E-state index is 10.8. The summed E-state index contributed by atoms with van der Waals surface area (Å²) >= 11 is 0. The molecule has 0 aromatic heterocycles. The molecular weight excluding hydrogens is 68.6 g/mol. The molecule has 0 aromatic carbocycles. The smallest absolute Gasteiger partial charge is 0.419 e. The SMILES string of the molecule is BCOBF. The Hall–Kier alpha value is 0.0199. The van der Waals surface area contributed by atoms with Gasteiger partial charge in [0.1, 0.15) is 7.85 Å². The summed E-state index contributed by atoms with van der Waals surface area (Å²) in [6.45, 7) is 0.469. The van der Waals surface area contributed by atoms with E-state index in [9.17, 15) is 4.32 Å². The van der Waals surface area contributed by atoms with Crippen LogP contribution in [0.15, 0.2) is 0 Å². The van der Waals surface area contributed by atoms with E-state index in [1.54, 1.807) is 7.85 Å². The topological polar surface area (TPSA) is 9.23 Å². The van der Waals surface area contributed by atoms with Crippen molar-refractivity contribution in [2.45, 2.75) is 0 Å². The summed E-state index contributed by atoms with van der Waals surface area (Å²) in [5.74, 6) is 0. The van der Waals surface area contributed by atoms with Gasteiger partial charge in [0, 0.05) is 0 Å². The molecule has 0 saturated carbocycles. The quantitative estimate of drug-likeness (QED) is 0.375. The fourth-order valence-corrected chi connectivity index (χ4v) is 0.0772. The molecule has 0 heterocycles. The molecule has 0 spiro atoms. The number of hydrogen-bond acceptors (Lipinski definition) is 1. The Kier molecular flexibility index (Phi) is 4.04. The average molecular weight is 73.7 g/mol. The van der Waals surface area contributed by atoms with Gasteiger partial charge in [-0.3, -0.25) is 4.32 Å². The molecule has 0 saturated heterocycles. The molecule has 0 atom stereocenters. The normalized spacial score (nSPS) is 7.40. The molecule has 5 heavy (non-hydrogen) atoms. The minimum Gasteiger partial charge on any atom is -0.419 e. The zero-order valence-corrected chi connectivity index (χ0v) is 3.20. The Balaban J connectivity index is 2.19. The third-order valence-electron chi connectivity index (χ3n) is 0.281. The molecule has 28 valence electrons. The average Bonchev–Trinajstić information content (AvgIpc) is 1.41. The molecule has 0 bridgehead atoms. The second-order valence-corrected chi connectivity index (χ2v) is 0.602. The first-order chi connectivity index (χ1) is 2.41. The summed E-state index contributed by atoms with van der Waals surface area (Å²) in [5.41, 5.74) is 0. The first-order valence-corrected chi connectivity index (χ1v) is 1.55. The lowest BCUT2D eigenvalue weighted by molar-refractivity contribution is 0.379. The van der Waals surface area contributed by atoms with E-state index in [4.69, 9.17) is 0 Å². The van der Waals surface area contributed by atoms with Gasteiger partial charge in [0.05, 0.1) is 0 Å². The van der Waals surface area contributed by atoms with E-state index in [-0.39, 0.29) is 0 Å². The molecular formula is CH5B2FO. The molecule has 0 fully saturated rings. The van der Waals surface area contributed by atoms with Gasteiger partial charge < -0.3 is 4.65 Å². The van der Waals surface area contributed by atoms with E-state index in [0.717, 1.165) is 0 Å². The summed E-state index contributed by atoms with van der Waals surface area (Å²) < 4.78 is 14.9. The summed E-state index contributed by atoms with van der Waals surface area (Å²) in [6.07, 6.45) is 0. The fourth-order valence-electron chi connectivity index (χ4n) is 0.0772. The van der Waals surface area contributed by atoms with Gasteiger partial charge in [-0.1, -0.05) is 0 Å². The van der Waals surface area contributed by atoms with E-state index in [0.29, 0.717) is 6.51 Å². The van der Waals surface area contributed by atoms with Gasteiger partial charge in [-0.05, 0) is 6.51 Å². The van der Waals surface area contributed by atoms with Crippen LogP contribution >= 0.6 is 0 Å². The van der Waals surface area contributed by atoms with Crippen molar-refractivity contribution in [3.63, 3.8) is 0 Å². The summed E-state index contributed by atoms with van der Waals surface area (Å²) in [6, 6.07) is 0. The molecule has 4 heteroatoms. The van der Waals surface area contributed by atoms with Crippen LogP contribution in [0.2, 0.25) is 0 Å². The Labute approximate surface area is 32.2 Å². The van der Waals surface area contributed by atoms with Crippen LogP contribution in [0, 0.1) is 0 Å². The monoisotopic (exact) mass is 74.1 g/mol. The van der Waals surface area contributed by atoms with Crippen LogP contribution in [-0.2, 0) is 4.65 Å². The largest absolute Gasteiger partial charge is 0.481 e. The minimum atomic E-state index is -0.656. The van der Waals surface area contributed by atoms with Gasteiger partial charge in [-0.25, -0.2) is 0 Å². The first-order valence-electron chi connectivity index (χ1n) is 1.55. The van der Waals surface area contributed by atoms with Crippen molar-refractivity contribution < 1.29 is 8.97 Å². The van der Waals surface area contributed by atoms with Gasteiger partial charge >= 0.3 is 7.76 Å². The highest BCUT2D eigenvalue weighted by Crippen LogP contribution is 1.60. The third kappa shape index (κ3) is 4.02. The Morgan fingerprint density at radius 3 is 2.60 bits per heavy atom. The maximum atomic E-state index is 10.8. The van der Waals surface area contributed by atoms with Crippen LogP contribution in [0.4, 0.5) is 4.32 Å². The molecule has 0 radical (unpaired) electrons. The molecule has 0 amide bonds. The zero-order chi connectivity index (χ0) is 4.12. The Morgan fingerprint density at radius 1 is 2.00 bits per heavy atom. The van der Waals surface area contributed by atoms with Gasteiger partial charge in [0.15, 0.2) is 0 Å². The number of rotatable bonds is 2. The zero-order valence-electron chi connectivity index (χ0n) is 3.20. The lowest BCUT2D eigenvalue weighted by Gasteiger charge is -1.81. The van der Waals surface area contributed by atoms with Crippen molar-refractivity contribution in [3.8, 4) is 0 Å². The van der Waals surface area contributed by atoms with Crippen LogP contribution < -0.4 is 0 Å². The van der Waals surface area contributed by atoms with Crippen LogP contribution in [0.1, 0.15) is 0 Å². The summed E-state index contributed by atoms with van der Waals surface area (Å²) in [7, 11) is 1.09. The van der Waals surface area contributed by atoms with E-state index in [1.807, 2.05) is 0 Å². The van der Waals surface area contributed by atoms with E-state index in [1.165, 1.54) is 0 Å². The van der Waals surface area contributed by atoms with Crippen molar-refractivity contribution >= 4 is 15.6 Å². The van der Waals surface area contributed by atoms with Crippen molar-refractivity contribution in [2.75, 3.05) is 6.51 Å². The molecule has 0 unspecified atom stereocenters. The first kappa shape index (κ1) is 5.02. The standard InChI is InChI=1S/CH5B2FO/c2-1-5-3-4/h3H,1-2H2. The molecule has 0 rings (SSSR count). The second kappa shape index (κ2) is 4.02. The molecule has 0 aliphatic rings. The summed E-state index contributed by atoms with van der Waals surface area (Å²) in [5, 5.41) is 0. The van der Waals surface area contributed by atoms with Crippen molar-refractivity contribution in [1.29, 1.82) is 0 Å². The van der Waals surface area contributed by atoms with Gasteiger partial charge in [-0.15, -0.1) is 0 Å². The van der Waals surface area contributed by atoms with E-state index >= 15 is 0 Å². The minimum absolute atomic E-state index is 0.469. The molecule has 1 nitrogen and oxygen atoms in total. The lowest BCUT2D eigenvalue weighted by Crippen LogP contribution is -1.91. The lowest BCUT2D eigenvalue weighted by atomic mass is 10.2. The van der Waals surface area contributed by atoms with E-state index < -0.39 is 7.76 Å². The fraction of sp³-hybridized carbons (Fsp3) is 1.00. The van der Waals surface area contributed by atoms with Gasteiger partial charge in [-0.2, -0.15) is 0 Å². The highest BCUT2D eigenvalue weighted by molar-refractivity contribution is 6.19. The van der Waals surface area contributed by atoms with Crippen molar-refractivity contribution in [1.82, 2.24) is 0 Å². The third-order valence-corrected chi connectivity index (χ3v) is 0.281. The number of halogens is 1. The number of hydrogen-bond donors (Lipinski definition) is 0. The van der Waals surface area contributed by atoms with Gasteiger partial charge in [0.25, 0.3) is 0 Å². The Bertz CT molecular complexity index is 17.1. The van der Waals surface area contributed by atoms with Crippen LogP contribution in [0.25, 0.3) is 0 Å². The molecule has 0 aliphatic carbocycles. The van der Waals surface area contributed by atoms with Gasteiger partial charge in [0.2, 0.25) is 0 Å². The highest BCUT2D eigenvalue weighted by Gasteiger charge is 1.75. The highest BCUT2D eigenvalue weighted by atomic mass is 19.1. The van der Waals surface area contributed by atoms with Crippen LogP contribution in [-0.4, -0.2) is 22.1 Å². The van der Waals surface area contributed by atoms with Crippen molar-refractivity contribution in [3.05, 3.63) is 0 Å².